The van der Waals surface area contributed by atoms with Crippen molar-refractivity contribution in [2.75, 3.05) is 23.7 Å². The summed E-state index contributed by atoms with van der Waals surface area (Å²) in [5, 5.41) is 0. The van der Waals surface area contributed by atoms with Crippen molar-refractivity contribution in [1.29, 1.82) is 0 Å². The number of rotatable bonds is 3. The predicted octanol–water partition coefficient (Wildman–Crippen LogP) is 3.54. The molecule has 0 radical (unpaired) electrons. The number of para-hydroxylation sites is 1. The topological polar surface area (TPSA) is 3.24 Å². The van der Waals surface area contributed by atoms with Crippen LogP contribution in [0, 0.1) is 5.41 Å². The van der Waals surface area contributed by atoms with Gasteiger partial charge >= 0.3 is 0 Å². The van der Waals surface area contributed by atoms with Gasteiger partial charge in [0.05, 0.1) is 0 Å². The summed E-state index contributed by atoms with van der Waals surface area (Å²) in [5.74, 6) is 1.05. The third-order valence-electron chi connectivity index (χ3n) is 4.51. The number of fused-ring (bicyclic) bond motifs is 1. The van der Waals surface area contributed by atoms with Crippen molar-refractivity contribution in [2.24, 2.45) is 5.41 Å². The van der Waals surface area contributed by atoms with Gasteiger partial charge in [0, 0.05) is 18.8 Å². The highest BCUT2D eigenvalue weighted by atomic mass is 32.1. The van der Waals surface area contributed by atoms with E-state index in [1.54, 1.807) is 0 Å². The van der Waals surface area contributed by atoms with Crippen LogP contribution in [-0.2, 0) is 6.42 Å². The third-order valence-corrected chi connectivity index (χ3v) is 5.18. The predicted molar refractivity (Wildman–Crippen MR) is 77.1 cm³/mol. The maximum Gasteiger partial charge on any atom is 0.0399 e. The maximum atomic E-state index is 4.62. The normalized spacial score (nSPS) is 21.8. The number of benzene rings is 1. The Morgan fingerprint density at radius 1 is 1.18 bits per heavy atom. The van der Waals surface area contributed by atoms with E-state index >= 15 is 0 Å². The van der Waals surface area contributed by atoms with Crippen molar-refractivity contribution in [3.05, 3.63) is 29.8 Å². The molecule has 3 rings (SSSR count). The minimum Gasteiger partial charge on any atom is -0.370 e. The lowest BCUT2D eigenvalue weighted by atomic mass is 9.88. The van der Waals surface area contributed by atoms with Gasteiger partial charge in [-0.15, -0.1) is 0 Å². The number of nitrogens with zero attached hydrogens (tertiary/aromatic N) is 1. The minimum atomic E-state index is 0.487. The first-order chi connectivity index (χ1) is 8.33. The van der Waals surface area contributed by atoms with E-state index in [2.05, 4.69) is 41.8 Å². The zero-order chi connectivity index (χ0) is 11.7. The molecule has 0 saturated heterocycles. The molecule has 1 nitrogen and oxygen atoms in total. The molecule has 2 aliphatic rings. The summed E-state index contributed by atoms with van der Waals surface area (Å²) in [6, 6.07) is 8.88. The Hall–Kier alpha value is -0.630. The summed E-state index contributed by atoms with van der Waals surface area (Å²) in [4.78, 5) is 2.59. The molecule has 1 aromatic carbocycles. The van der Waals surface area contributed by atoms with Gasteiger partial charge < -0.3 is 4.90 Å². The van der Waals surface area contributed by atoms with Gasteiger partial charge in [-0.3, -0.25) is 0 Å². The highest BCUT2D eigenvalue weighted by Crippen LogP contribution is 2.41. The van der Waals surface area contributed by atoms with Crippen molar-refractivity contribution >= 4 is 18.3 Å². The molecule has 0 spiro atoms. The summed E-state index contributed by atoms with van der Waals surface area (Å²) < 4.78 is 0. The van der Waals surface area contributed by atoms with Crippen LogP contribution in [0.2, 0.25) is 0 Å². The molecule has 0 N–H and O–H groups in total. The van der Waals surface area contributed by atoms with Gasteiger partial charge in [-0.25, -0.2) is 0 Å². The molecule has 0 aromatic heterocycles. The Morgan fingerprint density at radius 2 is 1.94 bits per heavy atom. The molecule has 0 atom stereocenters. The minimum absolute atomic E-state index is 0.487. The Kier molecular flexibility index (Phi) is 3.08. The van der Waals surface area contributed by atoms with Gasteiger partial charge in [-0.2, -0.15) is 12.6 Å². The van der Waals surface area contributed by atoms with E-state index in [-0.39, 0.29) is 0 Å². The number of thiol groups is 1. The van der Waals surface area contributed by atoms with E-state index in [4.69, 9.17) is 0 Å². The summed E-state index contributed by atoms with van der Waals surface area (Å²) in [5.41, 5.74) is 3.49. The van der Waals surface area contributed by atoms with Gasteiger partial charge in [0.2, 0.25) is 0 Å². The molecule has 1 aliphatic heterocycles. The van der Waals surface area contributed by atoms with Crippen LogP contribution in [0.1, 0.15) is 31.2 Å². The summed E-state index contributed by atoms with van der Waals surface area (Å²) in [6.07, 6.45) is 6.76. The number of hydrogen-bond acceptors (Lipinski definition) is 2. The van der Waals surface area contributed by atoms with Crippen LogP contribution in [-0.4, -0.2) is 18.8 Å². The van der Waals surface area contributed by atoms with E-state index in [9.17, 15) is 0 Å². The first kappa shape index (κ1) is 11.5. The van der Waals surface area contributed by atoms with Gasteiger partial charge in [0.25, 0.3) is 0 Å². The lowest BCUT2D eigenvalue weighted by Crippen LogP contribution is -2.36. The molecule has 17 heavy (non-hydrogen) atoms. The van der Waals surface area contributed by atoms with Gasteiger partial charge in [-0.1, -0.05) is 31.0 Å². The van der Waals surface area contributed by atoms with Crippen LogP contribution in [0.4, 0.5) is 5.69 Å². The summed E-state index contributed by atoms with van der Waals surface area (Å²) >= 11 is 4.62. The molecular weight excluding hydrogens is 226 g/mol. The van der Waals surface area contributed by atoms with E-state index in [0.717, 1.165) is 5.75 Å². The van der Waals surface area contributed by atoms with Crippen molar-refractivity contribution in [1.82, 2.24) is 0 Å². The number of anilines is 1. The van der Waals surface area contributed by atoms with E-state index in [1.807, 2.05) is 0 Å². The molecular formula is C15H21NS. The Morgan fingerprint density at radius 3 is 2.71 bits per heavy atom. The Bertz CT molecular complexity index is 396. The van der Waals surface area contributed by atoms with E-state index < -0.39 is 0 Å². The third kappa shape index (κ3) is 2.08. The van der Waals surface area contributed by atoms with Crippen molar-refractivity contribution in [2.45, 2.75) is 32.1 Å². The highest BCUT2D eigenvalue weighted by molar-refractivity contribution is 7.80. The van der Waals surface area contributed by atoms with Crippen molar-refractivity contribution in [3.8, 4) is 0 Å². The van der Waals surface area contributed by atoms with Crippen LogP contribution in [0.15, 0.2) is 24.3 Å². The van der Waals surface area contributed by atoms with Crippen LogP contribution in [0.5, 0.6) is 0 Å². The Balaban J connectivity index is 1.79. The monoisotopic (exact) mass is 247 g/mol. The van der Waals surface area contributed by atoms with Crippen LogP contribution < -0.4 is 4.90 Å². The molecule has 1 heterocycles. The largest absolute Gasteiger partial charge is 0.370 e. The fourth-order valence-electron chi connectivity index (χ4n) is 3.47. The SMILES string of the molecule is SCC1(CN2CCc3ccccc32)CCCC1. The summed E-state index contributed by atoms with van der Waals surface area (Å²) in [6.45, 7) is 2.42. The second kappa shape index (κ2) is 4.56. The molecule has 1 saturated carbocycles. The summed E-state index contributed by atoms with van der Waals surface area (Å²) in [7, 11) is 0. The molecule has 0 bridgehead atoms. The number of hydrogen-bond donors (Lipinski definition) is 1. The first-order valence-electron chi connectivity index (χ1n) is 6.77. The van der Waals surface area contributed by atoms with Gasteiger partial charge in [0.1, 0.15) is 0 Å². The molecule has 0 unspecified atom stereocenters. The van der Waals surface area contributed by atoms with Crippen molar-refractivity contribution in [3.63, 3.8) is 0 Å². The molecule has 2 heteroatoms. The van der Waals surface area contributed by atoms with E-state index in [1.165, 1.54) is 56.4 Å². The molecule has 92 valence electrons. The van der Waals surface area contributed by atoms with Crippen molar-refractivity contribution < 1.29 is 0 Å². The van der Waals surface area contributed by atoms with Gasteiger partial charge in [0.15, 0.2) is 0 Å². The molecule has 1 aromatic rings. The second-order valence-electron chi connectivity index (χ2n) is 5.67. The average Bonchev–Trinajstić information content (AvgIpc) is 2.99. The van der Waals surface area contributed by atoms with Crippen LogP contribution in [0.3, 0.4) is 0 Å². The fraction of sp³-hybridized carbons (Fsp3) is 0.600. The first-order valence-corrected chi connectivity index (χ1v) is 7.40. The lowest BCUT2D eigenvalue weighted by molar-refractivity contribution is 0.350. The highest BCUT2D eigenvalue weighted by Gasteiger charge is 2.35. The standard InChI is InChI=1S/C15H21NS/c17-12-15(8-3-4-9-15)11-16-10-7-13-5-1-2-6-14(13)16/h1-2,5-6,17H,3-4,7-12H2. The quantitative estimate of drug-likeness (QED) is 0.800. The molecule has 0 amide bonds. The fourth-order valence-corrected chi connectivity index (χ4v) is 3.88. The lowest BCUT2D eigenvalue weighted by Gasteiger charge is -2.33. The van der Waals surface area contributed by atoms with Gasteiger partial charge in [-0.05, 0) is 42.1 Å². The second-order valence-corrected chi connectivity index (χ2v) is 5.98. The zero-order valence-electron chi connectivity index (χ0n) is 10.4. The molecule has 1 fully saturated rings. The van der Waals surface area contributed by atoms with E-state index in [0.29, 0.717) is 5.41 Å². The molecule has 1 aliphatic carbocycles. The van der Waals surface area contributed by atoms with Crippen LogP contribution >= 0.6 is 12.6 Å². The smallest absolute Gasteiger partial charge is 0.0399 e. The van der Waals surface area contributed by atoms with Crippen LogP contribution in [0.25, 0.3) is 0 Å². The average molecular weight is 247 g/mol. The Labute approximate surface area is 110 Å². The zero-order valence-corrected chi connectivity index (χ0v) is 11.3. The maximum absolute atomic E-state index is 4.62.